The van der Waals surface area contributed by atoms with E-state index in [0.29, 0.717) is 16.9 Å². The first-order valence-electron chi connectivity index (χ1n) is 6.77. The van der Waals surface area contributed by atoms with E-state index < -0.39 is 17.6 Å². The molecule has 0 aliphatic rings. The van der Waals surface area contributed by atoms with Gasteiger partial charge in [-0.05, 0) is 49.2 Å². The monoisotopic (exact) mass is 306 g/mol. The molecule has 22 heavy (non-hydrogen) atoms. The maximum absolute atomic E-state index is 13.4. The molecule has 3 nitrogen and oxygen atoms in total. The average molecular weight is 306 g/mol. The Kier molecular flexibility index (Phi) is 4.75. The van der Waals surface area contributed by atoms with E-state index in [1.807, 2.05) is 13.8 Å². The first kappa shape index (κ1) is 15.9. The number of carbonyl (C=O) groups is 1. The summed E-state index contributed by atoms with van der Waals surface area (Å²) >= 11 is 0. The molecular formula is C17H16F2O3. The van der Waals surface area contributed by atoms with Crippen LogP contribution < -0.4 is 4.74 Å². The van der Waals surface area contributed by atoms with Gasteiger partial charge in [0.15, 0.2) is 11.6 Å². The minimum absolute atomic E-state index is 0.149. The standard InChI is InChI=1S/C17H16F2O3/c1-10(2)22-16-9-12(4-6-13(16)17(20)21-3)11-5-7-14(18)15(19)8-11/h4-10H,1-3H3. The largest absolute Gasteiger partial charge is 0.490 e. The second-order valence-corrected chi connectivity index (χ2v) is 5.00. The maximum atomic E-state index is 13.4. The number of halogens is 2. The predicted octanol–water partition coefficient (Wildman–Crippen LogP) is 4.21. The van der Waals surface area contributed by atoms with Crippen LogP contribution in [0.3, 0.4) is 0 Å². The first-order valence-corrected chi connectivity index (χ1v) is 6.77. The molecule has 2 aromatic carbocycles. The van der Waals surface area contributed by atoms with Gasteiger partial charge in [-0.2, -0.15) is 0 Å². The van der Waals surface area contributed by atoms with E-state index in [-0.39, 0.29) is 11.7 Å². The Balaban J connectivity index is 2.49. The van der Waals surface area contributed by atoms with Gasteiger partial charge in [-0.1, -0.05) is 12.1 Å². The quantitative estimate of drug-likeness (QED) is 0.794. The third-order valence-corrected chi connectivity index (χ3v) is 3.00. The molecule has 0 N–H and O–H groups in total. The average Bonchev–Trinajstić information content (AvgIpc) is 2.48. The second-order valence-electron chi connectivity index (χ2n) is 5.00. The van der Waals surface area contributed by atoms with Gasteiger partial charge in [-0.3, -0.25) is 0 Å². The molecule has 0 spiro atoms. The minimum Gasteiger partial charge on any atom is -0.490 e. The van der Waals surface area contributed by atoms with E-state index in [1.165, 1.54) is 13.2 Å². The highest BCUT2D eigenvalue weighted by atomic mass is 19.2. The number of methoxy groups -OCH3 is 1. The molecular weight excluding hydrogens is 290 g/mol. The fourth-order valence-electron chi connectivity index (χ4n) is 2.01. The molecule has 0 amide bonds. The summed E-state index contributed by atoms with van der Waals surface area (Å²) in [6.45, 7) is 3.65. The summed E-state index contributed by atoms with van der Waals surface area (Å²) in [4.78, 5) is 11.8. The summed E-state index contributed by atoms with van der Waals surface area (Å²) in [5.74, 6) is -2.02. The molecule has 0 bridgehead atoms. The van der Waals surface area contributed by atoms with E-state index in [0.717, 1.165) is 12.1 Å². The topological polar surface area (TPSA) is 35.5 Å². The summed E-state index contributed by atoms with van der Waals surface area (Å²) in [6.07, 6.45) is -0.149. The highest BCUT2D eigenvalue weighted by Crippen LogP contribution is 2.29. The summed E-state index contributed by atoms with van der Waals surface area (Å²) in [5, 5.41) is 0. The highest BCUT2D eigenvalue weighted by molar-refractivity contribution is 5.93. The van der Waals surface area contributed by atoms with Gasteiger partial charge in [0.1, 0.15) is 11.3 Å². The van der Waals surface area contributed by atoms with E-state index in [4.69, 9.17) is 9.47 Å². The van der Waals surface area contributed by atoms with Gasteiger partial charge >= 0.3 is 5.97 Å². The molecule has 0 heterocycles. The predicted molar refractivity (Wildman–Crippen MR) is 78.9 cm³/mol. The summed E-state index contributed by atoms with van der Waals surface area (Å²) in [6, 6.07) is 8.40. The van der Waals surface area contributed by atoms with Crippen molar-refractivity contribution >= 4 is 5.97 Å². The number of hydrogen-bond acceptors (Lipinski definition) is 3. The third kappa shape index (κ3) is 3.42. The number of carbonyl (C=O) groups excluding carboxylic acids is 1. The summed E-state index contributed by atoms with van der Waals surface area (Å²) in [7, 11) is 1.28. The van der Waals surface area contributed by atoms with Crippen LogP contribution in [0.5, 0.6) is 5.75 Å². The second kappa shape index (κ2) is 6.56. The number of rotatable bonds is 4. The van der Waals surface area contributed by atoms with E-state index in [2.05, 4.69) is 0 Å². The lowest BCUT2D eigenvalue weighted by Crippen LogP contribution is -2.11. The van der Waals surface area contributed by atoms with E-state index >= 15 is 0 Å². The Hall–Kier alpha value is -2.43. The summed E-state index contributed by atoms with van der Waals surface area (Å²) in [5.41, 5.74) is 1.38. The van der Waals surface area contributed by atoms with Crippen LogP contribution in [0.25, 0.3) is 11.1 Å². The van der Waals surface area contributed by atoms with Crippen LogP contribution in [0.15, 0.2) is 36.4 Å². The number of benzene rings is 2. The van der Waals surface area contributed by atoms with Gasteiger partial charge in [0, 0.05) is 0 Å². The zero-order valence-electron chi connectivity index (χ0n) is 12.5. The van der Waals surface area contributed by atoms with Crippen molar-refractivity contribution < 1.29 is 23.0 Å². The van der Waals surface area contributed by atoms with Crippen LogP contribution in [0.1, 0.15) is 24.2 Å². The van der Waals surface area contributed by atoms with Gasteiger partial charge in [0.25, 0.3) is 0 Å². The Morgan fingerprint density at radius 2 is 1.64 bits per heavy atom. The Morgan fingerprint density at radius 1 is 1.00 bits per heavy atom. The van der Waals surface area contributed by atoms with Crippen molar-refractivity contribution in [3.63, 3.8) is 0 Å². The number of ether oxygens (including phenoxy) is 2. The molecule has 0 radical (unpaired) electrons. The molecule has 116 valence electrons. The van der Waals surface area contributed by atoms with Crippen LogP contribution in [0.2, 0.25) is 0 Å². The van der Waals surface area contributed by atoms with Crippen molar-refractivity contribution in [3.05, 3.63) is 53.6 Å². The van der Waals surface area contributed by atoms with E-state index in [1.54, 1.807) is 18.2 Å². The molecule has 0 unspecified atom stereocenters. The van der Waals surface area contributed by atoms with Crippen LogP contribution >= 0.6 is 0 Å². The third-order valence-electron chi connectivity index (χ3n) is 3.00. The molecule has 2 rings (SSSR count). The summed E-state index contributed by atoms with van der Waals surface area (Å²) < 4.78 is 36.7. The van der Waals surface area contributed by atoms with Crippen molar-refractivity contribution in [1.29, 1.82) is 0 Å². The fourth-order valence-corrected chi connectivity index (χ4v) is 2.01. The Bertz CT molecular complexity index is 696. The van der Waals surface area contributed by atoms with Gasteiger partial charge in [0.05, 0.1) is 13.2 Å². The van der Waals surface area contributed by atoms with Crippen LogP contribution in [0, 0.1) is 11.6 Å². The van der Waals surface area contributed by atoms with Gasteiger partial charge < -0.3 is 9.47 Å². The SMILES string of the molecule is COC(=O)c1ccc(-c2ccc(F)c(F)c2)cc1OC(C)C. The van der Waals surface area contributed by atoms with Crippen LogP contribution in [-0.4, -0.2) is 19.2 Å². The fraction of sp³-hybridized carbons (Fsp3) is 0.235. The molecule has 0 aromatic heterocycles. The Labute approximate surface area is 127 Å². The zero-order valence-corrected chi connectivity index (χ0v) is 12.5. The molecule has 0 saturated heterocycles. The smallest absolute Gasteiger partial charge is 0.341 e. The zero-order chi connectivity index (χ0) is 16.3. The van der Waals surface area contributed by atoms with Crippen molar-refractivity contribution in [2.75, 3.05) is 7.11 Å². The maximum Gasteiger partial charge on any atom is 0.341 e. The van der Waals surface area contributed by atoms with Gasteiger partial charge in [-0.25, -0.2) is 13.6 Å². The van der Waals surface area contributed by atoms with Crippen LogP contribution in [0.4, 0.5) is 8.78 Å². The molecule has 0 saturated carbocycles. The van der Waals surface area contributed by atoms with Crippen LogP contribution in [-0.2, 0) is 4.74 Å². The molecule has 0 atom stereocenters. The molecule has 5 heteroatoms. The number of hydrogen-bond donors (Lipinski definition) is 0. The van der Waals surface area contributed by atoms with Crippen molar-refractivity contribution in [2.45, 2.75) is 20.0 Å². The highest BCUT2D eigenvalue weighted by Gasteiger charge is 2.16. The van der Waals surface area contributed by atoms with Gasteiger partial charge in [0.2, 0.25) is 0 Å². The van der Waals surface area contributed by atoms with Crippen molar-refractivity contribution in [3.8, 4) is 16.9 Å². The number of esters is 1. The van der Waals surface area contributed by atoms with Crippen molar-refractivity contribution in [2.24, 2.45) is 0 Å². The first-order chi connectivity index (χ1) is 10.4. The molecule has 0 fully saturated rings. The van der Waals surface area contributed by atoms with Crippen molar-refractivity contribution in [1.82, 2.24) is 0 Å². The Morgan fingerprint density at radius 3 is 2.23 bits per heavy atom. The lowest BCUT2D eigenvalue weighted by atomic mass is 10.0. The minimum atomic E-state index is -0.930. The van der Waals surface area contributed by atoms with E-state index in [9.17, 15) is 13.6 Å². The molecule has 0 aliphatic carbocycles. The lowest BCUT2D eigenvalue weighted by Gasteiger charge is -2.15. The molecule has 0 aliphatic heterocycles. The molecule has 2 aromatic rings. The lowest BCUT2D eigenvalue weighted by molar-refractivity contribution is 0.0594. The van der Waals surface area contributed by atoms with Gasteiger partial charge in [-0.15, -0.1) is 0 Å². The normalized spacial score (nSPS) is 10.6.